The average Bonchev–Trinajstić information content (AvgIpc) is 2.64. The van der Waals surface area contributed by atoms with Gasteiger partial charge in [-0.25, -0.2) is 4.79 Å². The summed E-state index contributed by atoms with van der Waals surface area (Å²) in [7, 11) is 0. The van der Waals surface area contributed by atoms with Crippen LogP contribution in [0.4, 0.5) is 5.69 Å². The lowest BCUT2D eigenvalue weighted by Crippen LogP contribution is -2.13. The van der Waals surface area contributed by atoms with E-state index in [2.05, 4.69) is 4.98 Å². The maximum atomic E-state index is 11.3. The Morgan fingerprint density at radius 1 is 1.53 bits per heavy atom. The van der Waals surface area contributed by atoms with Gasteiger partial charge in [0.05, 0.1) is 35.9 Å². The first-order valence-corrected chi connectivity index (χ1v) is 5.61. The SMILES string of the molecule is CC(C)Cc1nc2c(c(C(=O)O)c1N)COC2. The Bertz CT molecular complexity index is 469. The van der Waals surface area contributed by atoms with Gasteiger partial charge in [-0.3, -0.25) is 4.98 Å². The number of aromatic carboxylic acids is 1. The standard InChI is InChI=1S/C12H16N2O3/c1-6(2)3-8-11(13)10(12(15)16)7-4-17-5-9(7)14-8/h6H,3-5,13H2,1-2H3,(H,15,16). The number of aromatic nitrogens is 1. The molecule has 0 saturated carbocycles. The van der Waals surface area contributed by atoms with Crippen LogP contribution in [0.25, 0.3) is 0 Å². The zero-order valence-corrected chi connectivity index (χ0v) is 9.99. The van der Waals surface area contributed by atoms with Crippen LogP contribution in [0.2, 0.25) is 0 Å². The van der Waals surface area contributed by atoms with Crippen LogP contribution in [0, 0.1) is 5.92 Å². The Kier molecular flexibility index (Phi) is 3.02. The third-order valence-corrected chi connectivity index (χ3v) is 2.80. The molecule has 1 aliphatic rings. The molecule has 0 aromatic carbocycles. The van der Waals surface area contributed by atoms with Crippen LogP contribution >= 0.6 is 0 Å². The number of nitrogen functional groups attached to an aromatic ring is 1. The van der Waals surface area contributed by atoms with Crippen LogP contribution in [0.15, 0.2) is 0 Å². The fourth-order valence-corrected chi connectivity index (χ4v) is 2.05. The van der Waals surface area contributed by atoms with Gasteiger partial charge in [-0.2, -0.15) is 0 Å². The summed E-state index contributed by atoms with van der Waals surface area (Å²) in [5.41, 5.74) is 8.37. The number of nitrogens with zero attached hydrogens (tertiary/aromatic N) is 1. The van der Waals surface area contributed by atoms with Gasteiger partial charge in [0.25, 0.3) is 0 Å². The van der Waals surface area contributed by atoms with E-state index in [1.54, 1.807) is 0 Å². The lowest BCUT2D eigenvalue weighted by atomic mass is 9.99. The van der Waals surface area contributed by atoms with Crippen LogP contribution in [-0.4, -0.2) is 16.1 Å². The Morgan fingerprint density at radius 2 is 2.24 bits per heavy atom. The lowest BCUT2D eigenvalue weighted by molar-refractivity contribution is 0.0693. The zero-order chi connectivity index (χ0) is 12.6. The fourth-order valence-electron chi connectivity index (χ4n) is 2.05. The van der Waals surface area contributed by atoms with Crippen molar-refractivity contribution in [3.63, 3.8) is 0 Å². The number of hydrogen-bond donors (Lipinski definition) is 2. The number of nitrogens with two attached hydrogens (primary N) is 1. The molecule has 0 unspecified atom stereocenters. The van der Waals surface area contributed by atoms with Gasteiger partial charge in [0, 0.05) is 5.56 Å². The minimum absolute atomic E-state index is 0.170. The van der Waals surface area contributed by atoms with Crippen molar-refractivity contribution in [1.82, 2.24) is 4.98 Å². The summed E-state index contributed by atoms with van der Waals surface area (Å²) in [5.74, 6) is -0.622. The fraction of sp³-hybridized carbons (Fsp3) is 0.500. The maximum Gasteiger partial charge on any atom is 0.338 e. The van der Waals surface area contributed by atoms with Gasteiger partial charge in [-0.1, -0.05) is 13.8 Å². The first kappa shape index (κ1) is 11.9. The van der Waals surface area contributed by atoms with Crippen LogP contribution in [0.1, 0.15) is 41.2 Å². The summed E-state index contributed by atoms with van der Waals surface area (Å²) >= 11 is 0. The zero-order valence-electron chi connectivity index (χ0n) is 9.99. The van der Waals surface area contributed by atoms with Crippen LogP contribution in [0.5, 0.6) is 0 Å². The van der Waals surface area contributed by atoms with E-state index in [-0.39, 0.29) is 17.9 Å². The van der Waals surface area contributed by atoms with Crippen molar-refractivity contribution in [1.29, 1.82) is 0 Å². The molecule has 2 rings (SSSR count). The van der Waals surface area contributed by atoms with Gasteiger partial charge in [-0.05, 0) is 12.3 Å². The molecule has 92 valence electrons. The van der Waals surface area contributed by atoms with Crippen molar-refractivity contribution in [3.05, 3.63) is 22.5 Å². The van der Waals surface area contributed by atoms with E-state index in [0.29, 0.717) is 35.9 Å². The predicted octanol–water partition coefficient (Wildman–Crippen LogP) is 1.59. The average molecular weight is 236 g/mol. The molecule has 3 N–H and O–H groups in total. The molecular weight excluding hydrogens is 220 g/mol. The molecule has 5 heteroatoms. The number of ether oxygens (including phenoxy) is 1. The van der Waals surface area contributed by atoms with E-state index < -0.39 is 5.97 Å². The first-order chi connectivity index (χ1) is 8.00. The molecule has 17 heavy (non-hydrogen) atoms. The van der Waals surface area contributed by atoms with E-state index in [1.807, 2.05) is 13.8 Å². The van der Waals surface area contributed by atoms with Crippen LogP contribution in [-0.2, 0) is 24.4 Å². The highest BCUT2D eigenvalue weighted by Crippen LogP contribution is 2.29. The predicted molar refractivity (Wildman–Crippen MR) is 62.6 cm³/mol. The smallest absolute Gasteiger partial charge is 0.338 e. The monoisotopic (exact) mass is 236 g/mol. The minimum atomic E-state index is -1.00. The van der Waals surface area contributed by atoms with Crippen LogP contribution in [0.3, 0.4) is 0 Å². The van der Waals surface area contributed by atoms with Crippen LogP contribution < -0.4 is 5.73 Å². The highest BCUT2D eigenvalue weighted by Gasteiger charge is 2.26. The quantitative estimate of drug-likeness (QED) is 0.832. The summed E-state index contributed by atoms with van der Waals surface area (Å²) in [6.45, 7) is 4.76. The molecule has 0 radical (unpaired) electrons. The van der Waals surface area contributed by atoms with Gasteiger partial charge >= 0.3 is 5.97 Å². The van der Waals surface area contributed by atoms with Crippen molar-refractivity contribution in [2.75, 3.05) is 5.73 Å². The number of fused-ring (bicyclic) bond motifs is 1. The number of carboxylic acids is 1. The maximum absolute atomic E-state index is 11.3. The molecular formula is C12H16N2O3. The summed E-state index contributed by atoms with van der Waals surface area (Å²) in [6.07, 6.45) is 0.680. The number of rotatable bonds is 3. The van der Waals surface area contributed by atoms with Crippen molar-refractivity contribution < 1.29 is 14.6 Å². The van der Waals surface area contributed by atoms with Crippen molar-refractivity contribution in [3.8, 4) is 0 Å². The van der Waals surface area contributed by atoms with Crippen molar-refractivity contribution >= 4 is 11.7 Å². The summed E-state index contributed by atoms with van der Waals surface area (Å²) in [6, 6.07) is 0. The summed E-state index contributed by atoms with van der Waals surface area (Å²) in [4.78, 5) is 15.7. The second kappa shape index (κ2) is 4.33. The Hall–Kier alpha value is -1.62. The molecule has 5 nitrogen and oxygen atoms in total. The molecule has 1 aliphatic heterocycles. The molecule has 0 fully saturated rings. The molecule has 1 aromatic heterocycles. The first-order valence-electron chi connectivity index (χ1n) is 5.61. The summed E-state index contributed by atoms with van der Waals surface area (Å²) < 4.78 is 5.24. The van der Waals surface area contributed by atoms with E-state index in [9.17, 15) is 9.90 Å². The topological polar surface area (TPSA) is 85.4 Å². The number of carbonyl (C=O) groups is 1. The Morgan fingerprint density at radius 3 is 2.82 bits per heavy atom. The number of hydrogen-bond acceptors (Lipinski definition) is 4. The molecule has 0 spiro atoms. The molecule has 0 amide bonds. The number of anilines is 1. The van der Waals surface area contributed by atoms with E-state index in [4.69, 9.17) is 10.5 Å². The second-order valence-electron chi connectivity index (χ2n) is 4.67. The second-order valence-corrected chi connectivity index (χ2v) is 4.67. The molecule has 0 atom stereocenters. The Balaban J connectivity index is 2.56. The lowest BCUT2D eigenvalue weighted by Gasteiger charge is -2.13. The van der Waals surface area contributed by atoms with Gasteiger partial charge in [0.2, 0.25) is 0 Å². The van der Waals surface area contributed by atoms with E-state index in [0.717, 1.165) is 0 Å². The normalized spacial score (nSPS) is 14.1. The number of carboxylic acid groups (broad SMARTS) is 1. The van der Waals surface area contributed by atoms with E-state index in [1.165, 1.54) is 0 Å². The number of pyridine rings is 1. The highest BCUT2D eigenvalue weighted by molar-refractivity contribution is 5.96. The van der Waals surface area contributed by atoms with Crippen molar-refractivity contribution in [2.45, 2.75) is 33.5 Å². The Labute approximate surface area is 99.6 Å². The largest absolute Gasteiger partial charge is 0.478 e. The molecule has 0 aliphatic carbocycles. The van der Waals surface area contributed by atoms with Crippen molar-refractivity contribution in [2.24, 2.45) is 5.92 Å². The van der Waals surface area contributed by atoms with Gasteiger partial charge in [0.1, 0.15) is 0 Å². The molecule has 0 saturated heterocycles. The summed E-state index contributed by atoms with van der Waals surface area (Å²) in [5, 5.41) is 9.23. The third kappa shape index (κ3) is 2.10. The minimum Gasteiger partial charge on any atom is -0.478 e. The van der Waals surface area contributed by atoms with Gasteiger partial charge in [0.15, 0.2) is 0 Å². The van der Waals surface area contributed by atoms with Gasteiger partial charge in [-0.15, -0.1) is 0 Å². The third-order valence-electron chi connectivity index (χ3n) is 2.80. The molecule has 1 aromatic rings. The van der Waals surface area contributed by atoms with Gasteiger partial charge < -0.3 is 15.6 Å². The van der Waals surface area contributed by atoms with E-state index >= 15 is 0 Å². The molecule has 2 heterocycles. The highest BCUT2D eigenvalue weighted by atomic mass is 16.5. The molecule has 0 bridgehead atoms.